The van der Waals surface area contributed by atoms with Gasteiger partial charge in [0.15, 0.2) is 5.78 Å². The van der Waals surface area contributed by atoms with Crippen LogP contribution in [0.4, 0.5) is 0 Å². The molecule has 0 spiro atoms. The molecule has 0 unspecified atom stereocenters. The molecular formula is C14H13NO2. The maximum Gasteiger partial charge on any atom is 0.227 e. The molecule has 0 amide bonds. The van der Waals surface area contributed by atoms with Gasteiger partial charge < -0.3 is 0 Å². The van der Waals surface area contributed by atoms with Gasteiger partial charge in [0.25, 0.3) is 0 Å². The number of para-hydroxylation sites is 1. The number of ketones is 1. The first-order chi connectivity index (χ1) is 8.09. The van der Waals surface area contributed by atoms with Gasteiger partial charge in [0, 0.05) is 24.1 Å². The van der Waals surface area contributed by atoms with Gasteiger partial charge in [-0.05, 0) is 25.1 Å². The zero-order chi connectivity index (χ0) is 12.4. The van der Waals surface area contributed by atoms with E-state index in [9.17, 15) is 9.59 Å². The van der Waals surface area contributed by atoms with E-state index in [4.69, 9.17) is 0 Å². The molecule has 86 valence electrons. The molecule has 0 N–H and O–H groups in total. The summed E-state index contributed by atoms with van der Waals surface area (Å²) >= 11 is 0. The average molecular weight is 227 g/mol. The Hall–Kier alpha value is -2.16. The number of allylic oxidation sites excluding steroid dienone is 1. The highest BCUT2D eigenvalue weighted by atomic mass is 16.1. The third kappa shape index (κ3) is 2.18. The van der Waals surface area contributed by atoms with Crippen LogP contribution in [0.5, 0.6) is 0 Å². The summed E-state index contributed by atoms with van der Waals surface area (Å²) < 4.78 is 1.59. The van der Waals surface area contributed by atoms with E-state index in [1.807, 2.05) is 24.3 Å². The molecule has 0 radical (unpaired) electrons. The zero-order valence-electron chi connectivity index (χ0n) is 9.81. The van der Waals surface area contributed by atoms with Crippen molar-refractivity contribution in [3.05, 3.63) is 42.1 Å². The zero-order valence-corrected chi connectivity index (χ0v) is 9.81. The number of aromatic nitrogens is 1. The summed E-state index contributed by atoms with van der Waals surface area (Å²) in [7, 11) is 0. The molecule has 2 aromatic rings. The minimum atomic E-state index is -0.0383. The van der Waals surface area contributed by atoms with Crippen molar-refractivity contribution in [2.45, 2.75) is 13.8 Å². The summed E-state index contributed by atoms with van der Waals surface area (Å²) in [5.41, 5.74) is 1.74. The lowest BCUT2D eigenvalue weighted by Gasteiger charge is -1.96. The van der Waals surface area contributed by atoms with E-state index in [0.717, 1.165) is 16.5 Å². The van der Waals surface area contributed by atoms with E-state index in [1.165, 1.54) is 19.9 Å². The van der Waals surface area contributed by atoms with Crippen LogP contribution in [-0.4, -0.2) is 16.3 Å². The lowest BCUT2D eigenvalue weighted by Crippen LogP contribution is -2.02. The number of hydrogen-bond donors (Lipinski definition) is 0. The number of nitrogens with zero attached hydrogens (tertiary/aromatic N) is 1. The molecule has 0 aliphatic carbocycles. The van der Waals surface area contributed by atoms with Crippen LogP contribution in [0.2, 0.25) is 0 Å². The van der Waals surface area contributed by atoms with Gasteiger partial charge in [-0.2, -0.15) is 0 Å². The van der Waals surface area contributed by atoms with Crippen LogP contribution in [-0.2, 0) is 4.79 Å². The summed E-state index contributed by atoms with van der Waals surface area (Å²) in [6.45, 7) is 3.02. The van der Waals surface area contributed by atoms with Crippen LogP contribution in [0.3, 0.4) is 0 Å². The Morgan fingerprint density at radius 1 is 1.18 bits per heavy atom. The molecule has 1 heterocycles. The smallest absolute Gasteiger partial charge is 0.227 e. The summed E-state index contributed by atoms with van der Waals surface area (Å²) in [5, 5.41) is 0.972. The topological polar surface area (TPSA) is 39.1 Å². The van der Waals surface area contributed by atoms with Crippen molar-refractivity contribution in [2.24, 2.45) is 0 Å². The summed E-state index contributed by atoms with van der Waals surface area (Å²) in [6, 6.07) is 7.63. The van der Waals surface area contributed by atoms with Crippen LogP contribution in [0, 0.1) is 0 Å². The highest BCUT2D eigenvalue weighted by Crippen LogP contribution is 2.22. The van der Waals surface area contributed by atoms with Crippen LogP contribution in [0.15, 0.2) is 36.5 Å². The Morgan fingerprint density at radius 2 is 1.88 bits per heavy atom. The van der Waals surface area contributed by atoms with Crippen molar-refractivity contribution in [2.75, 3.05) is 0 Å². The summed E-state index contributed by atoms with van der Waals surface area (Å²) in [4.78, 5) is 22.4. The molecule has 3 heteroatoms. The van der Waals surface area contributed by atoms with E-state index in [-0.39, 0.29) is 11.7 Å². The lowest BCUT2D eigenvalue weighted by molar-refractivity contribution is -0.112. The number of carbonyl (C=O) groups is 2. The second-order valence-electron chi connectivity index (χ2n) is 3.93. The first kappa shape index (κ1) is 11.3. The number of rotatable bonds is 2. The van der Waals surface area contributed by atoms with Crippen LogP contribution < -0.4 is 0 Å². The van der Waals surface area contributed by atoms with Crippen molar-refractivity contribution < 1.29 is 9.59 Å². The lowest BCUT2D eigenvalue weighted by atomic mass is 10.1. The van der Waals surface area contributed by atoms with Crippen molar-refractivity contribution in [3.8, 4) is 0 Å². The van der Waals surface area contributed by atoms with Crippen LogP contribution in [0.25, 0.3) is 17.0 Å². The normalized spacial score (nSPS) is 11.2. The fraction of sp³-hybridized carbons (Fsp3) is 0.143. The largest absolute Gasteiger partial charge is 0.295 e. The Kier molecular flexibility index (Phi) is 2.91. The Morgan fingerprint density at radius 3 is 2.53 bits per heavy atom. The number of fused-ring (bicyclic) bond motifs is 1. The third-order valence-corrected chi connectivity index (χ3v) is 2.58. The Balaban J connectivity index is 2.64. The average Bonchev–Trinajstić information content (AvgIpc) is 2.65. The van der Waals surface area contributed by atoms with Crippen LogP contribution in [0.1, 0.15) is 24.2 Å². The molecule has 0 aliphatic rings. The fourth-order valence-corrected chi connectivity index (χ4v) is 1.81. The van der Waals surface area contributed by atoms with Gasteiger partial charge in [0.2, 0.25) is 5.91 Å². The predicted octanol–water partition coefficient (Wildman–Crippen LogP) is 2.90. The highest BCUT2D eigenvalue weighted by Gasteiger charge is 2.08. The van der Waals surface area contributed by atoms with Gasteiger partial charge in [0.1, 0.15) is 0 Å². The number of benzene rings is 1. The molecule has 0 atom stereocenters. The van der Waals surface area contributed by atoms with Gasteiger partial charge in [-0.1, -0.05) is 18.2 Å². The van der Waals surface area contributed by atoms with Gasteiger partial charge in [-0.25, -0.2) is 0 Å². The second-order valence-corrected chi connectivity index (χ2v) is 3.93. The minimum absolute atomic E-state index is 0.00958. The van der Waals surface area contributed by atoms with Gasteiger partial charge >= 0.3 is 0 Å². The molecule has 0 bridgehead atoms. The SMILES string of the molecule is CC(=O)/C=C/c1cn(C(C)=O)c2ccccc12. The molecule has 1 aromatic heterocycles. The molecule has 1 aromatic carbocycles. The number of hydrogen-bond acceptors (Lipinski definition) is 2. The van der Waals surface area contributed by atoms with E-state index in [0.29, 0.717) is 0 Å². The number of carbonyl (C=O) groups excluding carboxylic acids is 2. The van der Waals surface area contributed by atoms with Crippen molar-refractivity contribution in [3.63, 3.8) is 0 Å². The summed E-state index contributed by atoms with van der Waals surface area (Å²) in [5.74, 6) is -0.0478. The highest BCUT2D eigenvalue weighted by molar-refractivity contribution is 5.99. The maximum absolute atomic E-state index is 11.5. The quantitative estimate of drug-likeness (QED) is 0.740. The molecular weight excluding hydrogens is 214 g/mol. The Labute approximate surface area is 99.4 Å². The molecule has 0 fully saturated rings. The molecule has 0 saturated carbocycles. The minimum Gasteiger partial charge on any atom is -0.295 e. The fourth-order valence-electron chi connectivity index (χ4n) is 1.81. The maximum atomic E-state index is 11.5. The molecule has 17 heavy (non-hydrogen) atoms. The monoisotopic (exact) mass is 227 g/mol. The molecule has 0 saturated heterocycles. The Bertz CT molecular complexity index is 620. The molecule has 2 rings (SSSR count). The van der Waals surface area contributed by atoms with Crippen molar-refractivity contribution >= 4 is 28.7 Å². The van der Waals surface area contributed by atoms with Gasteiger partial charge in [-0.3, -0.25) is 14.2 Å². The van der Waals surface area contributed by atoms with Crippen molar-refractivity contribution in [1.82, 2.24) is 4.57 Å². The van der Waals surface area contributed by atoms with E-state index in [2.05, 4.69) is 0 Å². The second kappa shape index (κ2) is 4.37. The third-order valence-electron chi connectivity index (χ3n) is 2.58. The van der Waals surface area contributed by atoms with E-state index < -0.39 is 0 Å². The summed E-state index contributed by atoms with van der Waals surface area (Å²) in [6.07, 6.45) is 5.00. The van der Waals surface area contributed by atoms with E-state index >= 15 is 0 Å². The van der Waals surface area contributed by atoms with Crippen LogP contribution >= 0.6 is 0 Å². The van der Waals surface area contributed by atoms with Crippen molar-refractivity contribution in [1.29, 1.82) is 0 Å². The molecule has 0 aliphatic heterocycles. The van der Waals surface area contributed by atoms with Gasteiger partial charge in [-0.15, -0.1) is 0 Å². The first-order valence-corrected chi connectivity index (χ1v) is 5.39. The van der Waals surface area contributed by atoms with E-state index in [1.54, 1.807) is 16.8 Å². The van der Waals surface area contributed by atoms with Gasteiger partial charge in [0.05, 0.1) is 5.52 Å². The predicted molar refractivity (Wildman–Crippen MR) is 68.0 cm³/mol. The standard InChI is InChI=1S/C14H13NO2/c1-10(16)7-8-12-9-15(11(2)17)14-6-4-3-5-13(12)14/h3-9H,1-2H3/b8-7+. The molecule has 3 nitrogen and oxygen atoms in total. The first-order valence-electron chi connectivity index (χ1n) is 5.39.